The number of alkyl halides is 3. The van der Waals surface area contributed by atoms with Gasteiger partial charge in [0.2, 0.25) is 5.91 Å². The molecule has 0 saturated heterocycles. The van der Waals surface area contributed by atoms with Crippen LogP contribution in [0.5, 0.6) is 0 Å². The van der Waals surface area contributed by atoms with Crippen molar-refractivity contribution in [2.24, 2.45) is 0 Å². The molecule has 0 unspecified atom stereocenters. The Kier molecular flexibility index (Phi) is 3.88. The zero-order valence-electron chi connectivity index (χ0n) is 12.2. The molecule has 124 valence electrons. The number of aromatic amines is 1. The molecule has 0 fully saturated rings. The van der Waals surface area contributed by atoms with Crippen LogP contribution < -0.4 is 10.9 Å². The quantitative estimate of drug-likeness (QED) is 0.773. The molecule has 0 saturated carbocycles. The summed E-state index contributed by atoms with van der Waals surface area (Å²) in [4.78, 5) is 26.2. The van der Waals surface area contributed by atoms with E-state index in [1.165, 1.54) is 18.3 Å². The van der Waals surface area contributed by atoms with Gasteiger partial charge in [0, 0.05) is 18.1 Å². The summed E-state index contributed by atoms with van der Waals surface area (Å²) in [7, 11) is 0. The maximum Gasteiger partial charge on any atom is 0.416 e. The van der Waals surface area contributed by atoms with Crippen LogP contribution in [0.3, 0.4) is 0 Å². The highest BCUT2D eigenvalue weighted by Gasteiger charge is 2.30. The zero-order valence-corrected chi connectivity index (χ0v) is 12.2. The van der Waals surface area contributed by atoms with Crippen LogP contribution in [0.15, 0.2) is 53.6 Å². The Hall–Kier alpha value is -3.03. The monoisotopic (exact) mass is 335 g/mol. The molecule has 2 aromatic heterocycles. The molecule has 3 aromatic rings. The van der Waals surface area contributed by atoms with Crippen molar-refractivity contribution in [3.63, 3.8) is 0 Å². The smallest absolute Gasteiger partial charge is 0.338 e. The number of benzene rings is 1. The first kappa shape index (κ1) is 15.9. The highest BCUT2D eigenvalue weighted by atomic mass is 19.4. The Morgan fingerprint density at radius 2 is 2.00 bits per heavy atom. The molecule has 2 heterocycles. The number of nitrogens with one attached hydrogen (secondary N) is 2. The number of rotatable bonds is 3. The number of hydrogen-bond acceptors (Lipinski definition) is 2. The minimum absolute atomic E-state index is 0.0594. The van der Waals surface area contributed by atoms with Gasteiger partial charge in [0.25, 0.3) is 5.56 Å². The Balaban J connectivity index is 1.78. The van der Waals surface area contributed by atoms with Gasteiger partial charge < -0.3 is 14.9 Å². The van der Waals surface area contributed by atoms with E-state index in [1.807, 2.05) is 0 Å². The summed E-state index contributed by atoms with van der Waals surface area (Å²) >= 11 is 0. The minimum Gasteiger partial charge on any atom is -0.338 e. The lowest BCUT2D eigenvalue weighted by Crippen LogP contribution is -2.19. The van der Waals surface area contributed by atoms with Crippen molar-refractivity contribution in [3.05, 3.63) is 64.7 Å². The number of anilines is 1. The van der Waals surface area contributed by atoms with Gasteiger partial charge in [-0.3, -0.25) is 9.59 Å². The first-order valence-electron chi connectivity index (χ1n) is 6.98. The summed E-state index contributed by atoms with van der Waals surface area (Å²) in [5.41, 5.74) is -0.482. The van der Waals surface area contributed by atoms with Crippen LogP contribution in [0.25, 0.3) is 10.9 Å². The molecule has 8 heteroatoms. The van der Waals surface area contributed by atoms with Crippen molar-refractivity contribution in [1.29, 1.82) is 0 Å². The van der Waals surface area contributed by atoms with Crippen LogP contribution in [0.2, 0.25) is 0 Å². The molecule has 3 rings (SSSR count). The number of aromatic nitrogens is 2. The lowest BCUT2D eigenvalue weighted by molar-refractivity contribution is -0.137. The number of nitrogens with zero attached hydrogens (tertiary/aromatic N) is 1. The summed E-state index contributed by atoms with van der Waals surface area (Å²) < 4.78 is 39.6. The van der Waals surface area contributed by atoms with Gasteiger partial charge in [-0.1, -0.05) is 6.07 Å². The van der Waals surface area contributed by atoms with Crippen LogP contribution in [0.1, 0.15) is 5.56 Å². The standard InChI is InChI=1S/C16H12F3N3O2/c17-16(18,19)10-2-1-3-11(8-10)21-14(23)9-22-7-5-12-13(22)4-6-20-15(12)24/h1-8H,9H2,(H,20,24)(H,21,23). The van der Waals surface area contributed by atoms with Crippen LogP contribution in [-0.2, 0) is 17.5 Å². The Bertz CT molecular complexity index is 957. The Morgan fingerprint density at radius 3 is 2.75 bits per heavy atom. The van der Waals surface area contributed by atoms with E-state index in [-0.39, 0.29) is 17.8 Å². The van der Waals surface area contributed by atoms with E-state index in [4.69, 9.17) is 0 Å². The summed E-state index contributed by atoms with van der Waals surface area (Å²) in [6, 6.07) is 7.63. The van der Waals surface area contributed by atoms with Crippen molar-refractivity contribution in [2.45, 2.75) is 12.7 Å². The van der Waals surface area contributed by atoms with Crippen molar-refractivity contribution in [3.8, 4) is 0 Å². The fourth-order valence-electron chi connectivity index (χ4n) is 2.40. The third-order valence-electron chi connectivity index (χ3n) is 3.49. The van der Waals surface area contributed by atoms with E-state index < -0.39 is 17.6 Å². The predicted octanol–water partition coefficient (Wildman–Crippen LogP) is 2.99. The SMILES string of the molecule is O=C(Cn1ccc2c(=O)[nH]ccc21)Nc1cccc(C(F)(F)F)c1. The van der Waals surface area contributed by atoms with Crippen LogP contribution in [0.4, 0.5) is 18.9 Å². The lowest BCUT2D eigenvalue weighted by Gasteiger charge is -2.10. The van der Waals surface area contributed by atoms with E-state index in [0.29, 0.717) is 10.9 Å². The van der Waals surface area contributed by atoms with Crippen LogP contribution in [0, 0.1) is 0 Å². The first-order chi connectivity index (χ1) is 11.3. The van der Waals surface area contributed by atoms with Crippen LogP contribution in [-0.4, -0.2) is 15.5 Å². The van der Waals surface area contributed by atoms with Crippen molar-refractivity contribution >= 4 is 22.5 Å². The number of carbonyl (C=O) groups excluding carboxylic acids is 1. The first-order valence-corrected chi connectivity index (χ1v) is 6.98. The van der Waals surface area contributed by atoms with Crippen molar-refractivity contribution in [1.82, 2.24) is 9.55 Å². The lowest BCUT2D eigenvalue weighted by atomic mass is 10.2. The average Bonchev–Trinajstić information content (AvgIpc) is 2.91. The molecule has 0 bridgehead atoms. The molecule has 0 spiro atoms. The normalized spacial score (nSPS) is 11.6. The summed E-state index contributed by atoms with van der Waals surface area (Å²) in [5, 5.41) is 2.86. The van der Waals surface area contributed by atoms with E-state index in [0.717, 1.165) is 12.1 Å². The second-order valence-corrected chi connectivity index (χ2v) is 5.18. The Labute approximate surface area is 133 Å². The van der Waals surface area contributed by atoms with Gasteiger partial charge in [-0.25, -0.2) is 0 Å². The third kappa shape index (κ3) is 3.17. The van der Waals surface area contributed by atoms with Gasteiger partial charge in [0.15, 0.2) is 0 Å². The van der Waals surface area contributed by atoms with E-state index >= 15 is 0 Å². The molecule has 0 aliphatic carbocycles. The molecule has 1 amide bonds. The Morgan fingerprint density at radius 1 is 1.21 bits per heavy atom. The van der Waals surface area contributed by atoms with Crippen LogP contribution >= 0.6 is 0 Å². The number of carbonyl (C=O) groups is 1. The molecule has 0 aliphatic heterocycles. The maximum absolute atomic E-state index is 12.7. The zero-order chi connectivity index (χ0) is 17.3. The van der Waals surface area contributed by atoms with Crippen molar-refractivity contribution < 1.29 is 18.0 Å². The third-order valence-corrected chi connectivity index (χ3v) is 3.49. The molecule has 0 radical (unpaired) electrons. The predicted molar refractivity (Wildman–Crippen MR) is 82.6 cm³/mol. The van der Waals surface area contributed by atoms with Crippen molar-refractivity contribution in [2.75, 3.05) is 5.32 Å². The summed E-state index contributed by atoms with van der Waals surface area (Å²) in [5.74, 6) is -0.493. The molecule has 24 heavy (non-hydrogen) atoms. The number of pyridine rings is 1. The summed E-state index contributed by atoms with van der Waals surface area (Å²) in [6.45, 7) is -0.122. The molecular weight excluding hydrogens is 323 g/mol. The fourth-order valence-corrected chi connectivity index (χ4v) is 2.40. The second kappa shape index (κ2) is 5.88. The van der Waals surface area contributed by atoms with Gasteiger partial charge in [0.1, 0.15) is 6.54 Å². The number of hydrogen-bond donors (Lipinski definition) is 2. The van der Waals surface area contributed by atoms with Gasteiger partial charge in [-0.15, -0.1) is 0 Å². The van der Waals surface area contributed by atoms with Gasteiger partial charge in [-0.2, -0.15) is 13.2 Å². The number of halogens is 3. The average molecular weight is 335 g/mol. The van der Waals surface area contributed by atoms with Gasteiger partial charge in [-0.05, 0) is 30.3 Å². The van der Waals surface area contributed by atoms with Gasteiger partial charge in [0.05, 0.1) is 16.5 Å². The number of H-pyrrole nitrogens is 1. The fraction of sp³-hybridized carbons (Fsp3) is 0.125. The number of amides is 1. The second-order valence-electron chi connectivity index (χ2n) is 5.18. The van der Waals surface area contributed by atoms with E-state index in [9.17, 15) is 22.8 Å². The minimum atomic E-state index is -4.47. The molecule has 0 aliphatic rings. The molecule has 1 aromatic carbocycles. The summed E-state index contributed by atoms with van der Waals surface area (Å²) in [6.07, 6.45) is -1.43. The van der Waals surface area contributed by atoms with Gasteiger partial charge >= 0.3 is 6.18 Å². The highest BCUT2D eigenvalue weighted by Crippen LogP contribution is 2.30. The topological polar surface area (TPSA) is 66.9 Å². The van der Waals surface area contributed by atoms with E-state index in [1.54, 1.807) is 22.9 Å². The number of fused-ring (bicyclic) bond motifs is 1. The van der Waals surface area contributed by atoms with E-state index in [2.05, 4.69) is 10.3 Å². The molecular formula is C16H12F3N3O2. The molecule has 5 nitrogen and oxygen atoms in total. The molecule has 0 atom stereocenters. The largest absolute Gasteiger partial charge is 0.416 e. The maximum atomic E-state index is 12.7. The highest BCUT2D eigenvalue weighted by molar-refractivity contribution is 5.92. The molecule has 2 N–H and O–H groups in total.